The van der Waals surface area contributed by atoms with E-state index < -0.39 is 0 Å². The first-order valence-electron chi connectivity index (χ1n) is 3.97. The lowest BCUT2D eigenvalue weighted by molar-refractivity contribution is 0.411. The van der Waals surface area contributed by atoms with E-state index in [2.05, 4.69) is 11.3 Å². The molecule has 0 fully saturated rings. The highest BCUT2D eigenvalue weighted by molar-refractivity contribution is 5.45. The fourth-order valence-corrected chi connectivity index (χ4v) is 1.17. The van der Waals surface area contributed by atoms with Crippen LogP contribution < -0.4 is 4.74 Å². The van der Waals surface area contributed by atoms with Crippen molar-refractivity contribution in [1.82, 2.24) is 9.78 Å². The maximum atomic E-state index is 5.19. The molecule has 65 valence electrons. The highest BCUT2D eigenvalue weighted by atomic mass is 16.5. The van der Waals surface area contributed by atoms with Crippen LogP contribution >= 0.6 is 0 Å². The number of hydrogen-bond donors (Lipinski definition) is 0. The molecule has 1 heterocycles. The molecule has 3 heteroatoms. The molecule has 0 spiro atoms. The number of para-hydroxylation sites is 2. The molecule has 0 N–H and O–H groups in total. The number of rotatable bonds is 2. The fraction of sp³-hybridized carbons (Fsp3) is 0.100. The van der Waals surface area contributed by atoms with Crippen LogP contribution in [0.4, 0.5) is 0 Å². The van der Waals surface area contributed by atoms with E-state index in [9.17, 15) is 0 Å². The van der Waals surface area contributed by atoms with Crippen molar-refractivity contribution in [3.05, 3.63) is 42.7 Å². The van der Waals surface area contributed by atoms with E-state index in [1.54, 1.807) is 24.1 Å². The maximum Gasteiger partial charge on any atom is 0.144 e. The summed E-state index contributed by atoms with van der Waals surface area (Å²) in [4.78, 5) is 0. The summed E-state index contributed by atoms with van der Waals surface area (Å²) in [5, 5.41) is 4.08. The summed E-state index contributed by atoms with van der Waals surface area (Å²) in [6, 6.07) is 9.44. The summed E-state index contributed by atoms with van der Waals surface area (Å²) in [5.74, 6) is 0.794. The Kier molecular flexibility index (Phi) is 2.00. The third-order valence-electron chi connectivity index (χ3n) is 1.77. The number of methoxy groups -OCH3 is 1. The smallest absolute Gasteiger partial charge is 0.144 e. The Morgan fingerprint density at radius 2 is 2.23 bits per heavy atom. The minimum atomic E-state index is 0.794. The zero-order valence-electron chi connectivity index (χ0n) is 7.27. The van der Waals surface area contributed by atoms with Crippen LogP contribution in [0.5, 0.6) is 5.75 Å². The monoisotopic (exact) mass is 173 g/mol. The summed E-state index contributed by atoms with van der Waals surface area (Å²) < 4.78 is 6.84. The first kappa shape index (κ1) is 7.86. The Morgan fingerprint density at radius 1 is 1.38 bits per heavy atom. The van der Waals surface area contributed by atoms with E-state index in [0.717, 1.165) is 11.4 Å². The van der Waals surface area contributed by atoms with Crippen molar-refractivity contribution in [3.8, 4) is 11.4 Å². The van der Waals surface area contributed by atoms with Crippen molar-refractivity contribution < 1.29 is 4.74 Å². The van der Waals surface area contributed by atoms with Crippen molar-refractivity contribution in [2.45, 2.75) is 0 Å². The van der Waals surface area contributed by atoms with Crippen LogP contribution in [0.2, 0.25) is 0 Å². The minimum absolute atomic E-state index is 0.794. The zero-order valence-corrected chi connectivity index (χ0v) is 7.27. The zero-order chi connectivity index (χ0) is 9.10. The van der Waals surface area contributed by atoms with Crippen molar-refractivity contribution in [3.63, 3.8) is 0 Å². The second kappa shape index (κ2) is 3.31. The third kappa shape index (κ3) is 1.40. The minimum Gasteiger partial charge on any atom is -0.494 e. The van der Waals surface area contributed by atoms with Gasteiger partial charge in [-0.05, 0) is 18.2 Å². The molecule has 3 nitrogen and oxygen atoms in total. The molecule has 1 aromatic heterocycles. The summed E-state index contributed by atoms with van der Waals surface area (Å²) in [7, 11) is 1.64. The molecule has 0 atom stereocenters. The molecule has 2 rings (SSSR count). The fourth-order valence-electron chi connectivity index (χ4n) is 1.17. The standard InChI is InChI=1S/C10H9N2O/c1-13-10-6-3-2-5-9(10)12-8-4-7-11-12/h2-7H,1H3. The van der Waals surface area contributed by atoms with Crippen molar-refractivity contribution >= 4 is 0 Å². The molecule has 2 aromatic rings. The lowest BCUT2D eigenvalue weighted by Crippen LogP contribution is -1.97. The van der Waals surface area contributed by atoms with E-state index in [4.69, 9.17) is 4.74 Å². The van der Waals surface area contributed by atoms with Gasteiger partial charge in [0, 0.05) is 0 Å². The van der Waals surface area contributed by atoms with Gasteiger partial charge in [-0.3, -0.25) is 0 Å². The van der Waals surface area contributed by atoms with Gasteiger partial charge in [-0.2, -0.15) is 5.10 Å². The SMILES string of the molecule is COc1ccccc1-n1[c]ccn1. The Bertz CT molecular complexity index is 382. The molecule has 0 aliphatic heterocycles. The lowest BCUT2D eigenvalue weighted by Gasteiger charge is -2.06. The molecule has 0 bridgehead atoms. The van der Waals surface area contributed by atoms with Gasteiger partial charge in [-0.1, -0.05) is 12.1 Å². The van der Waals surface area contributed by atoms with Gasteiger partial charge in [0.2, 0.25) is 0 Å². The first-order chi connectivity index (χ1) is 6.42. The van der Waals surface area contributed by atoms with Crippen LogP contribution in [0.1, 0.15) is 0 Å². The average molecular weight is 173 g/mol. The molecule has 0 aliphatic carbocycles. The highest BCUT2D eigenvalue weighted by Crippen LogP contribution is 2.20. The van der Waals surface area contributed by atoms with Crippen LogP contribution in [-0.2, 0) is 0 Å². The summed E-state index contributed by atoms with van der Waals surface area (Å²) in [6.07, 6.45) is 4.64. The molecule has 0 saturated carbocycles. The summed E-state index contributed by atoms with van der Waals surface area (Å²) in [6.45, 7) is 0. The van der Waals surface area contributed by atoms with E-state index in [-0.39, 0.29) is 0 Å². The molecular formula is C10H9N2O. The molecule has 0 aliphatic rings. The Morgan fingerprint density at radius 3 is 2.92 bits per heavy atom. The molecular weight excluding hydrogens is 164 g/mol. The van der Waals surface area contributed by atoms with E-state index in [1.165, 1.54) is 0 Å². The van der Waals surface area contributed by atoms with E-state index in [0.29, 0.717) is 0 Å². The number of aromatic nitrogens is 2. The van der Waals surface area contributed by atoms with Crippen molar-refractivity contribution in [2.75, 3.05) is 7.11 Å². The van der Waals surface area contributed by atoms with Crippen LogP contribution in [0.15, 0.2) is 36.5 Å². The van der Waals surface area contributed by atoms with E-state index >= 15 is 0 Å². The molecule has 0 amide bonds. The van der Waals surface area contributed by atoms with Gasteiger partial charge >= 0.3 is 0 Å². The van der Waals surface area contributed by atoms with Crippen LogP contribution in [0, 0.1) is 6.20 Å². The predicted octanol–water partition coefficient (Wildman–Crippen LogP) is 1.68. The number of benzene rings is 1. The van der Waals surface area contributed by atoms with Crippen molar-refractivity contribution in [1.29, 1.82) is 0 Å². The molecule has 0 unspecified atom stereocenters. The number of hydrogen-bond acceptors (Lipinski definition) is 2. The van der Waals surface area contributed by atoms with Gasteiger partial charge in [-0.25, -0.2) is 4.68 Å². The van der Waals surface area contributed by atoms with Gasteiger partial charge in [-0.15, -0.1) is 0 Å². The number of nitrogens with zero attached hydrogens (tertiary/aromatic N) is 2. The van der Waals surface area contributed by atoms with E-state index in [1.807, 2.05) is 24.3 Å². The topological polar surface area (TPSA) is 27.1 Å². The van der Waals surface area contributed by atoms with Crippen LogP contribution in [0.25, 0.3) is 5.69 Å². The third-order valence-corrected chi connectivity index (χ3v) is 1.77. The predicted molar refractivity (Wildman–Crippen MR) is 49.0 cm³/mol. The highest BCUT2D eigenvalue weighted by Gasteiger charge is 2.02. The molecule has 1 radical (unpaired) electrons. The largest absolute Gasteiger partial charge is 0.494 e. The van der Waals surface area contributed by atoms with Crippen LogP contribution in [0.3, 0.4) is 0 Å². The van der Waals surface area contributed by atoms with Gasteiger partial charge in [0.15, 0.2) is 0 Å². The Hall–Kier alpha value is -1.77. The summed E-state index contributed by atoms with van der Waals surface area (Å²) in [5.41, 5.74) is 0.898. The molecule has 0 saturated heterocycles. The normalized spacial score (nSPS) is 9.92. The van der Waals surface area contributed by atoms with Crippen molar-refractivity contribution in [2.24, 2.45) is 0 Å². The average Bonchev–Trinajstić information content (AvgIpc) is 2.70. The number of ether oxygens (including phenoxy) is 1. The van der Waals surface area contributed by atoms with Gasteiger partial charge in [0.05, 0.1) is 19.5 Å². The molecule has 13 heavy (non-hydrogen) atoms. The first-order valence-corrected chi connectivity index (χ1v) is 3.97. The molecule has 1 aromatic carbocycles. The van der Waals surface area contributed by atoms with Crippen LogP contribution in [-0.4, -0.2) is 16.9 Å². The van der Waals surface area contributed by atoms with Gasteiger partial charge in [0.25, 0.3) is 0 Å². The second-order valence-electron chi connectivity index (χ2n) is 2.54. The van der Waals surface area contributed by atoms with Gasteiger partial charge < -0.3 is 4.74 Å². The Balaban J connectivity index is 2.51. The lowest BCUT2D eigenvalue weighted by atomic mass is 10.3. The maximum absolute atomic E-state index is 5.19. The van der Waals surface area contributed by atoms with Gasteiger partial charge in [0.1, 0.15) is 11.4 Å². The second-order valence-corrected chi connectivity index (χ2v) is 2.54. The Labute approximate surface area is 76.6 Å². The quantitative estimate of drug-likeness (QED) is 0.690. The summed E-state index contributed by atoms with van der Waals surface area (Å²) >= 11 is 0.